The Morgan fingerprint density at radius 3 is 2.46 bits per heavy atom. The highest BCUT2D eigenvalue weighted by Crippen LogP contribution is 2.33. The maximum Gasteiger partial charge on any atom is 0.276 e. The first-order valence-corrected chi connectivity index (χ1v) is 8.51. The Hall–Kier alpha value is -1.95. The van der Waals surface area contributed by atoms with Crippen molar-refractivity contribution in [3.05, 3.63) is 29.6 Å². The number of hydrogen-bond acceptors (Lipinski definition) is 4. The average molecular weight is 333 g/mol. The Kier molecular flexibility index (Phi) is 5.94. The largest absolute Gasteiger partial charge is 0.347 e. The highest BCUT2D eigenvalue weighted by molar-refractivity contribution is 5.92. The first-order chi connectivity index (χ1) is 11.3. The number of carbonyl (C=O) groups excluding carboxylic acids is 2. The molecule has 2 rings (SSSR count). The first-order valence-electron chi connectivity index (χ1n) is 8.51. The van der Waals surface area contributed by atoms with E-state index in [2.05, 4.69) is 10.3 Å². The number of aromatic nitrogens is 1. The monoisotopic (exact) mass is 333 g/mol. The SMILES string of the molecule is CC(C)(C)[C@H](NC(=O)CC1CCCC1)c1ccc(C(=O)NO)cn1. The molecule has 0 spiro atoms. The third kappa shape index (κ3) is 4.77. The molecule has 24 heavy (non-hydrogen) atoms. The molecule has 132 valence electrons. The van der Waals surface area contributed by atoms with Crippen LogP contribution in [0.1, 0.15) is 75.0 Å². The second kappa shape index (κ2) is 7.75. The summed E-state index contributed by atoms with van der Waals surface area (Å²) in [4.78, 5) is 28.1. The molecule has 1 fully saturated rings. The van der Waals surface area contributed by atoms with Gasteiger partial charge in [-0.25, -0.2) is 5.48 Å². The van der Waals surface area contributed by atoms with Crippen LogP contribution in [0.15, 0.2) is 18.3 Å². The summed E-state index contributed by atoms with van der Waals surface area (Å²) < 4.78 is 0. The Balaban J connectivity index is 2.10. The van der Waals surface area contributed by atoms with E-state index in [0.29, 0.717) is 18.0 Å². The van der Waals surface area contributed by atoms with Gasteiger partial charge in [0.2, 0.25) is 5.91 Å². The van der Waals surface area contributed by atoms with E-state index in [1.165, 1.54) is 19.0 Å². The summed E-state index contributed by atoms with van der Waals surface area (Å²) in [6.45, 7) is 6.14. The van der Waals surface area contributed by atoms with Crippen LogP contribution in [0.25, 0.3) is 0 Å². The molecule has 6 heteroatoms. The molecule has 0 radical (unpaired) electrons. The van der Waals surface area contributed by atoms with E-state index in [1.807, 2.05) is 20.8 Å². The van der Waals surface area contributed by atoms with Crippen molar-refractivity contribution < 1.29 is 14.8 Å². The van der Waals surface area contributed by atoms with E-state index < -0.39 is 5.91 Å². The summed E-state index contributed by atoms with van der Waals surface area (Å²) in [5.74, 6) is -0.0540. The van der Waals surface area contributed by atoms with Gasteiger partial charge in [-0.3, -0.25) is 19.8 Å². The fourth-order valence-electron chi connectivity index (χ4n) is 3.21. The molecule has 1 aliphatic rings. The summed E-state index contributed by atoms with van der Waals surface area (Å²) in [7, 11) is 0. The molecule has 1 aromatic rings. The van der Waals surface area contributed by atoms with Crippen LogP contribution in [0.2, 0.25) is 0 Å². The van der Waals surface area contributed by atoms with Gasteiger partial charge in [0.05, 0.1) is 17.3 Å². The van der Waals surface area contributed by atoms with Crippen LogP contribution in [0.3, 0.4) is 0 Å². The molecule has 1 aliphatic carbocycles. The van der Waals surface area contributed by atoms with Gasteiger partial charge >= 0.3 is 0 Å². The van der Waals surface area contributed by atoms with Crippen LogP contribution in [0.4, 0.5) is 0 Å². The molecule has 0 saturated heterocycles. The second-order valence-electron chi connectivity index (χ2n) is 7.63. The van der Waals surface area contributed by atoms with E-state index in [1.54, 1.807) is 17.6 Å². The van der Waals surface area contributed by atoms with Gasteiger partial charge in [-0.1, -0.05) is 33.6 Å². The third-order valence-electron chi connectivity index (χ3n) is 4.57. The molecule has 1 aromatic heterocycles. The van der Waals surface area contributed by atoms with Crippen LogP contribution >= 0.6 is 0 Å². The van der Waals surface area contributed by atoms with Gasteiger partial charge in [-0.15, -0.1) is 0 Å². The van der Waals surface area contributed by atoms with Crippen molar-refractivity contribution in [2.75, 3.05) is 0 Å². The predicted molar refractivity (Wildman–Crippen MR) is 90.4 cm³/mol. The van der Waals surface area contributed by atoms with E-state index >= 15 is 0 Å². The molecular formula is C18H27N3O3. The topological polar surface area (TPSA) is 91.3 Å². The van der Waals surface area contributed by atoms with Crippen LogP contribution in [-0.4, -0.2) is 22.0 Å². The molecule has 1 heterocycles. The number of hydrogen-bond donors (Lipinski definition) is 3. The summed E-state index contributed by atoms with van der Waals surface area (Å²) in [6.07, 6.45) is 6.68. The lowest BCUT2D eigenvalue weighted by Gasteiger charge is -2.31. The van der Waals surface area contributed by atoms with Crippen molar-refractivity contribution in [2.45, 2.75) is 58.9 Å². The van der Waals surface area contributed by atoms with Gasteiger partial charge < -0.3 is 5.32 Å². The number of hydroxylamine groups is 1. The molecule has 1 saturated carbocycles. The van der Waals surface area contributed by atoms with Crippen LogP contribution in [0.5, 0.6) is 0 Å². The zero-order valence-electron chi connectivity index (χ0n) is 14.6. The highest BCUT2D eigenvalue weighted by Gasteiger charge is 2.30. The zero-order chi connectivity index (χ0) is 17.7. The molecule has 0 bridgehead atoms. The molecule has 2 amide bonds. The third-order valence-corrected chi connectivity index (χ3v) is 4.57. The van der Waals surface area contributed by atoms with Crippen molar-refractivity contribution >= 4 is 11.8 Å². The van der Waals surface area contributed by atoms with Crippen LogP contribution in [0, 0.1) is 11.3 Å². The highest BCUT2D eigenvalue weighted by atomic mass is 16.5. The molecule has 1 atom stereocenters. The fraction of sp³-hybridized carbons (Fsp3) is 0.611. The summed E-state index contributed by atoms with van der Waals surface area (Å²) in [6, 6.07) is 3.07. The number of nitrogens with zero attached hydrogens (tertiary/aromatic N) is 1. The molecule has 6 nitrogen and oxygen atoms in total. The van der Waals surface area contributed by atoms with Gasteiger partial charge in [-0.2, -0.15) is 0 Å². The lowest BCUT2D eigenvalue weighted by molar-refractivity contribution is -0.123. The van der Waals surface area contributed by atoms with E-state index in [0.717, 1.165) is 12.8 Å². The fourth-order valence-corrected chi connectivity index (χ4v) is 3.21. The number of carbonyl (C=O) groups is 2. The van der Waals surface area contributed by atoms with Crippen molar-refractivity contribution in [1.82, 2.24) is 15.8 Å². The number of amides is 2. The molecule has 0 aliphatic heterocycles. The lowest BCUT2D eigenvalue weighted by Crippen LogP contribution is -2.37. The standard InChI is InChI=1S/C18H27N3O3/c1-18(2,3)16(20-15(22)10-12-6-4-5-7-12)14-9-8-13(11-19-14)17(23)21-24/h8-9,11-12,16,24H,4-7,10H2,1-3H3,(H,20,22)(H,21,23)/t16-/m1/s1. The quantitative estimate of drug-likeness (QED) is 0.570. The molecule has 3 N–H and O–H groups in total. The summed E-state index contributed by atoms with van der Waals surface area (Å²) >= 11 is 0. The van der Waals surface area contributed by atoms with Gasteiger partial charge in [0, 0.05) is 12.6 Å². The Morgan fingerprint density at radius 2 is 1.96 bits per heavy atom. The van der Waals surface area contributed by atoms with E-state index in [9.17, 15) is 9.59 Å². The van der Waals surface area contributed by atoms with E-state index in [4.69, 9.17) is 5.21 Å². The van der Waals surface area contributed by atoms with Crippen molar-refractivity contribution in [2.24, 2.45) is 11.3 Å². The zero-order valence-corrected chi connectivity index (χ0v) is 14.6. The Morgan fingerprint density at radius 1 is 1.29 bits per heavy atom. The Bertz CT molecular complexity index is 572. The minimum absolute atomic E-state index is 0.0563. The first kappa shape index (κ1) is 18.4. The van der Waals surface area contributed by atoms with Gasteiger partial charge in [-0.05, 0) is 36.3 Å². The number of nitrogens with one attached hydrogen (secondary N) is 2. The van der Waals surface area contributed by atoms with Gasteiger partial charge in [0.25, 0.3) is 5.91 Å². The Labute approximate surface area is 143 Å². The summed E-state index contributed by atoms with van der Waals surface area (Å²) in [5, 5.41) is 11.8. The van der Waals surface area contributed by atoms with Crippen LogP contribution < -0.4 is 10.8 Å². The lowest BCUT2D eigenvalue weighted by atomic mass is 9.84. The maximum atomic E-state index is 12.4. The average Bonchev–Trinajstić information content (AvgIpc) is 3.04. The van der Waals surface area contributed by atoms with Gasteiger partial charge in [0.15, 0.2) is 0 Å². The van der Waals surface area contributed by atoms with Crippen molar-refractivity contribution in [1.29, 1.82) is 0 Å². The predicted octanol–water partition coefficient (Wildman–Crippen LogP) is 2.98. The van der Waals surface area contributed by atoms with E-state index in [-0.39, 0.29) is 22.9 Å². The minimum atomic E-state index is -0.605. The molecule has 0 aromatic carbocycles. The molecule has 0 unspecified atom stereocenters. The smallest absolute Gasteiger partial charge is 0.276 e. The van der Waals surface area contributed by atoms with Gasteiger partial charge in [0.1, 0.15) is 0 Å². The molecular weight excluding hydrogens is 306 g/mol. The normalized spacial score (nSPS) is 16.7. The van der Waals surface area contributed by atoms with Crippen molar-refractivity contribution in [3.8, 4) is 0 Å². The minimum Gasteiger partial charge on any atom is -0.347 e. The summed E-state index contributed by atoms with van der Waals surface area (Å²) in [5.41, 5.74) is 2.35. The number of rotatable bonds is 5. The number of pyridine rings is 1. The maximum absolute atomic E-state index is 12.4. The van der Waals surface area contributed by atoms with Crippen LogP contribution in [-0.2, 0) is 4.79 Å². The second-order valence-corrected chi connectivity index (χ2v) is 7.63. The van der Waals surface area contributed by atoms with Crippen molar-refractivity contribution in [3.63, 3.8) is 0 Å².